The van der Waals surface area contributed by atoms with Crippen LogP contribution in [-0.2, 0) is 4.79 Å². The molecule has 0 aliphatic rings. The quantitative estimate of drug-likeness (QED) is 0.846. The van der Waals surface area contributed by atoms with Gasteiger partial charge in [0, 0.05) is 19.4 Å². The number of likely N-dealkylation sites (N-methyl/N-ethyl adjacent to an activating group) is 1. The maximum Gasteiger partial charge on any atom is 0.326 e. The van der Waals surface area contributed by atoms with Crippen molar-refractivity contribution < 1.29 is 18.7 Å². The number of alkyl halides is 2. The third kappa shape index (κ3) is 2.62. The van der Waals surface area contributed by atoms with Gasteiger partial charge in [-0.05, 0) is 6.92 Å². The highest BCUT2D eigenvalue weighted by Gasteiger charge is 2.19. The number of aromatic nitrogens is 2. The number of carboxylic acid groups (broad SMARTS) is 1. The first-order chi connectivity index (χ1) is 7.43. The molecule has 0 amide bonds. The average molecular weight is 231 g/mol. The van der Waals surface area contributed by atoms with Gasteiger partial charge < -0.3 is 10.0 Å². The van der Waals surface area contributed by atoms with Crippen LogP contribution in [0.5, 0.6) is 0 Å². The second-order valence-electron chi connectivity index (χ2n) is 3.24. The van der Waals surface area contributed by atoms with Gasteiger partial charge in [-0.1, -0.05) is 0 Å². The third-order valence-corrected chi connectivity index (χ3v) is 2.16. The third-order valence-electron chi connectivity index (χ3n) is 2.16. The van der Waals surface area contributed by atoms with E-state index in [9.17, 15) is 13.6 Å². The van der Waals surface area contributed by atoms with Gasteiger partial charge in [0.25, 0.3) is 6.43 Å². The minimum absolute atomic E-state index is 0.0966. The van der Waals surface area contributed by atoms with E-state index in [0.717, 1.165) is 12.4 Å². The fourth-order valence-electron chi connectivity index (χ4n) is 0.965. The molecular formula is C9H11F2N3O2. The number of carbonyl (C=O) groups is 1. The van der Waals surface area contributed by atoms with Crippen molar-refractivity contribution in [1.82, 2.24) is 9.97 Å². The molecule has 0 spiro atoms. The lowest BCUT2D eigenvalue weighted by molar-refractivity contribution is -0.138. The standard InChI is InChI=1S/C9H11F2N3O2/c1-5(8(15)16)14(2)9-12-3-6(4-13-9)7(10)11/h3-5,7H,1-2H3,(H,15,16). The summed E-state index contributed by atoms with van der Waals surface area (Å²) in [5.41, 5.74) is -0.292. The average Bonchev–Trinajstić information content (AvgIpc) is 2.27. The van der Waals surface area contributed by atoms with E-state index in [2.05, 4.69) is 9.97 Å². The monoisotopic (exact) mass is 231 g/mol. The maximum atomic E-state index is 12.2. The summed E-state index contributed by atoms with van der Waals surface area (Å²) < 4.78 is 24.4. The molecule has 1 aromatic rings. The van der Waals surface area contributed by atoms with Gasteiger partial charge in [-0.3, -0.25) is 0 Å². The van der Waals surface area contributed by atoms with Gasteiger partial charge in [0.1, 0.15) is 6.04 Å². The number of aliphatic carboxylic acids is 1. The van der Waals surface area contributed by atoms with Crippen LogP contribution >= 0.6 is 0 Å². The van der Waals surface area contributed by atoms with E-state index in [0.29, 0.717) is 0 Å². The molecule has 0 aromatic carbocycles. The minimum atomic E-state index is -2.63. The Bertz CT molecular complexity index is 370. The Hall–Kier alpha value is -1.79. The summed E-state index contributed by atoms with van der Waals surface area (Å²) in [6.45, 7) is 1.45. The smallest absolute Gasteiger partial charge is 0.326 e. The second kappa shape index (κ2) is 4.82. The van der Waals surface area contributed by atoms with Crippen LogP contribution in [0, 0.1) is 0 Å². The number of hydrogen-bond acceptors (Lipinski definition) is 4. The summed E-state index contributed by atoms with van der Waals surface area (Å²) in [7, 11) is 1.48. The van der Waals surface area contributed by atoms with Crippen LogP contribution in [0.2, 0.25) is 0 Å². The molecule has 1 heterocycles. The van der Waals surface area contributed by atoms with Crippen molar-refractivity contribution in [2.24, 2.45) is 0 Å². The topological polar surface area (TPSA) is 66.3 Å². The van der Waals surface area contributed by atoms with Crippen LogP contribution in [0.15, 0.2) is 12.4 Å². The number of hydrogen-bond donors (Lipinski definition) is 1. The summed E-state index contributed by atoms with van der Waals surface area (Å²) in [5.74, 6) is -0.941. The summed E-state index contributed by atoms with van der Waals surface area (Å²) in [5, 5.41) is 8.74. The van der Waals surface area contributed by atoms with Crippen LogP contribution in [0.4, 0.5) is 14.7 Å². The fraction of sp³-hybridized carbons (Fsp3) is 0.444. The van der Waals surface area contributed by atoms with Crippen LogP contribution in [-0.4, -0.2) is 34.1 Å². The Morgan fingerprint density at radius 1 is 1.44 bits per heavy atom. The van der Waals surface area contributed by atoms with Gasteiger partial charge in [-0.25, -0.2) is 23.5 Å². The van der Waals surface area contributed by atoms with Gasteiger partial charge in [0.2, 0.25) is 5.95 Å². The van der Waals surface area contributed by atoms with Crippen LogP contribution in [0.1, 0.15) is 18.9 Å². The van der Waals surface area contributed by atoms with Crippen molar-refractivity contribution in [3.63, 3.8) is 0 Å². The van der Waals surface area contributed by atoms with Gasteiger partial charge in [0.05, 0.1) is 5.56 Å². The Labute approximate surface area is 90.7 Å². The molecular weight excluding hydrogens is 220 g/mol. The molecule has 5 nitrogen and oxygen atoms in total. The zero-order valence-corrected chi connectivity index (χ0v) is 8.76. The Kier molecular flexibility index (Phi) is 3.70. The largest absolute Gasteiger partial charge is 0.480 e. The van der Waals surface area contributed by atoms with E-state index in [1.54, 1.807) is 0 Å². The number of nitrogens with zero attached hydrogens (tertiary/aromatic N) is 3. The first kappa shape index (κ1) is 12.3. The first-order valence-corrected chi connectivity index (χ1v) is 4.49. The summed E-state index contributed by atoms with van der Waals surface area (Å²) in [4.78, 5) is 19.3. The van der Waals surface area contributed by atoms with E-state index in [4.69, 9.17) is 5.11 Å². The predicted octanol–water partition coefficient (Wildman–Crippen LogP) is 1.32. The van der Waals surface area contributed by atoms with E-state index in [-0.39, 0.29) is 11.5 Å². The highest BCUT2D eigenvalue weighted by Crippen LogP contribution is 2.18. The second-order valence-corrected chi connectivity index (χ2v) is 3.24. The Morgan fingerprint density at radius 2 is 1.94 bits per heavy atom. The fourth-order valence-corrected chi connectivity index (χ4v) is 0.965. The highest BCUT2D eigenvalue weighted by atomic mass is 19.3. The van der Waals surface area contributed by atoms with E-state index in [1.807, 2.05) is 0 Å². The number of halogens is 2. The molecule has 0 fully saturated rings. The zero-order valence-electron chi connectivity index (χ0n) is 8.76. The number of rotatable bonds is 4. The van der Waals surface area contributed by atoms with Crippen molar-refractivity contribution >= 4 is 11.9 Å². The molecule has 1 atom stereocenters. The van der Waals surface area contributed by atoms with Gasteiger partial charge in [-0.15, -0.1) is 0 Å². The molecule has 0 bridgehead atoms. The van der Waals surface area contributed by atoms with E-state index in [1.165, 1.54) is 18.9 Å². The molecule has 0 saturated carbocycles. The Morgan fingerprint density at radius 3 is 2.31 bits per heavy atom. The normalized spacial score (nSPS) is 12.6. The molecule has 16 heavy (non-hydrogen) atoms. The molecule has 0 aliphatic heterocycles. The molecule has 1 N–H and O–H groups in total. The van der Waals surface area contributed by atoms with Crippen molar-refractivity contribution in [1.29, 1.82) is 0 Å². The lowest BCUT2D eigenvalue weighted by Crippen LogP contribution is -2.36. The zero-order chi connectivity index (χ0) is 12.3. The van der Waals surface area contributed by atoms with Gasteiger partial charge in [0.15, 0.2) is 0 Å². The highest BCUT2D eigenvalue weighted by molar-refractivity contribution is 5.76. The summed E-state index contributed by atoms with van der Waals surface area (Å²) in [6, 6.07) is -0.822. The summed E-state index contributed by atoms with van der Waals surface area (Å²) >= 11 is 0. The van der Waals surface area contributed by atoms with Crippen LogP contribution in [0.3, 0.4) is 0 Å². The van der Waals surface area contributed by atoms with Gasteiger partial charge >= 0.3 is 5.97 Å². The van der Waals surface area contributed by atoms with Gasteiger partial charge in [-0.2, -0.15) is 0 Å². The van der Waals surface area contributed by atoms with Crippen molar-refractivity contribution in [3.8, 4) is 0 Å². The SMILES string of the molecule is CC(C(=O)O)N(C)c1ncc(C(F)F)cn1. The Balaban J connectivity index is 2.85. The minimum Gasteiger partial charge on any atom is -0.480 e. The van der Waals surface area contributed by atoms with Crippen LogP contribution in [0.25, 0.3) is 0 Å². The first-order valence-electron chi connectivity index (χ1n) is 4.49. The maximum absolute atomic E-state index is 12.2. The molecule has 1 aromatic heterocycles. The predicted molar refractivity (Wildman–Crippen MR) is 52.5 cm³/mol. The number of carboxylic acids is 1. The summed E-state index contributed by atoms with van der Waals surface area (Å²) in [6.07, 6.45) is -0.660. The lowest BCUT2D eigenvalue weighted by atomic mass is 10.3. The van der Waals surface area contributed by atoms with Crippen molar-refractivity contribution in [2.75, 3.05) is 11.9 Å². The molecule has 0 radical (unpaired) electrons. The molecule has 88 valence electrons. The molecule has 0 saturated heterocycles. The van der Waals surface area contributed by atoms with E-state index >= 15 is 0 Å². The van der Waals surface area contributed by atoms with Crippen LogP contribution < -0.4 is 4.90 Å². The van der Waals surface area contributed by atoms with Crippen molar-refractivity contribution in [3.05, 3.63) is 18.0 Å². The number of anilines is 1. The molecule has 7 heteroatoms. The van der Waals surface area contributed by atoms with E-state index < -0.39 is 18.4 Å². The molecule has 1 unspecified atom stereocenters. The van der Waals surface area contributed by atoms with Crippen molar-refractivity contribution in [2.45, 2.75) is 19.4 Å². The lowest BCUT2D eigenvalue weighted by Gasteiger charge is -2.21. The molecule has 1 rings (SSSR count). The molecule has 0 aliphatic carbocycles.